The van der Waals surface area contributed by atoms with Crippen molar-refractivity contribution in [1.82, 2.24) is 29.1 Å². The second kappa shape index (κ2) is 12.8. The van der Waals surface area contributed by atoms with Crippen molar-refractivity contribution in [2.75, 3.05) is 31.5 Å². The highest BCUT2D eigenvalue weighted by atomic mass is 35.5. The zero-order valence-corrected chi connectivity index (χ0v) is 24.9. The molecule has 234 valence electrons. The van der Waals surface area contributed by atoms with Gasteiger partial charge in [-0.3, -0.25) is 19.1 Å². The summed E-state index contributed by atoms with van der Waals surface area (Å²) in [6.45, 7) is 1.14. The Balaban J connectivity index is 0.00000442. The number of piperazine rings is 1. The molecule has 3 aromatic rings. The number of hydrogen-bond donors (Lipinski definition) is 2. The van der Waals surface area contributed by atoms with Gasteiger partial charge in [0.05, 0.1) is 34.1 Å². The number of nitrogens with zero attached hydrogens (tertiary/aromatic N) is 7. The number of halogens is 5. The summed E-state index contributed by atoms with van der Waals surface area (Å²) in [6, 6.07) is 6.15. The van der Waals surface area contributed by atoms with E-state index in [9.17, 15) is 27.6 Å². The predicted molar refractivity (Wildman–Crippen MR) is 155 cm³/mol. The zero-order valence-electron chi connectivity index (χ0n) is 23.3. The van der Waals surface area contributed by atoms with Crippen LogP contribution in [0.2, 0.25) is 5.02 Å². The molecule has 0 unspecified atom stereocenters. The molecule has 1 saturated carbocycles. The molecule has 3 amide bonds. The normalized spacial score (nSPS) is 18.2. The van der Waals surface area contributed by atoms with Crippen LogP contribution < -0.4 is 11.1 Å². The highest BCUT2D eigenvalue weighted by molar-refractivity contribution is 6.34. The van der Waals surface area contributed by atoms with Gasteiger partial charge < -0.3 is 25.4 Å². The molecular formula is C27H28Cl2F3N9O3. The topological polar surface area (TPSA) is 155 Å². The first-order valence-corrected chi connectivity index (χ1v) is 13.7. The molecule has 17 heteroatoms. The molecule has 1 aliphatic carbocycles. The van der Waals surface area contributed by atoms with Crippen molar-refractivity contribution >= 4 is 47.4 Å². The molecule has 2 aliphatic rings. The number of carbonyl (C=O) groups excluding carboxylic acids is 3. The number of imidazole rings is 1. The highest BCUT2D eigenvalue weighted by Crippen LogP contribution is 2.36. The van der Waals surface area contributed by atoms with Crippen LogP contribution in [0.1, 0.15) is 39.5 Å². The van der Waals surface area contributed by atoms with E-state index in [-0.39, 0.29) is 76.1 Å². The Morgan fingerprint density at radius 3 is 2.41 bits per heavy atom. The van der Waals surface area contributed by atoms with E-state index < -0.39 is 17.8 Å². The van der Waals surface area contributed by atoms with Crippen LogP contribution in [-0.4, -0.2) is 79.1 Å². The molecule has 1 aromatic carbocycles. The van der Waals surface area contributed by atoms with Crippen molar-refractivity contribution in [3.05, 3.63) is 52.7 Å². The quantitative estimate of drug-likeness (QED) is 0.414. The second-order valence-corrected chi connectivity index (χ2v) is 10.9. The van der Waals surface area contributed by atoms with Gasteiger partial charge in [-0.05, 0) is 31.0 Å². The third-order valence-corrected chi connectivity index (χ3v) is 7.90. The molecule has 2 fully saturated rings. The number of anilines is 1. The molecule has 0 spiro atoms. The van der Waals surface area contributed by atoms with Gasteiger partial charge in [0.25, 0.3) is 11.8 Å². The molecule has 1 aliphatic heterocycles. The third kappa shape index (κ3) is 6.52. The second-order valence-electron chi connectivity index (χ2n) is 10.5. The van der Waals surface area contributed by atoms with Gasteiger partial charge in [0.2, 0.25) is 5.91 Å². The lowest BCUT2D eigenvalue weighted by molar-refractivity contribution is -0.141. The van der Waals surface area contributed by atoms with Gasteiger partial charge in [0.15, 0.2) is 11.5 Å². The summed E-state index contributed by atoms with van der Waals surface area (Å²) in [6.07, 6.45) is -1.24. The van der Waals surface area contributed by atoms with E-state index in [1.54, 1.807) is 15.9 Å². The number of hydrogen-bond acceptors (Lipinski definition) is 7. The third-order valence-electron chi connectivity index (χ3n) is 7.59. The van der Waals surface area contributed by atoms with Crippen molar-refractivity contribution in [1.29, 1.82) is 5.26 Å². The summed E-state index contributed by atoms with van der Waals surface area (Å²) >= 11 is 6.40. The number of carbonyl (C=O) groups is 3. The molecule has 12 nitrogen and oxygen atoms in total. The van der Waals surface area contributed by atoms with Crippen LogP contribution in [0.15, 0.2) is 30.6 Å². The Morgan fingerprint density at radius 1 is 1.16 bits per heavy atom. The summed E-state index contributed by atoms with van der Waals surface area (Å²) in [5.74, 6) is -1.20. The molecule has 0 atom stereocenters. The maximum atomic E-state index is 13.6. The number of alkyl halides is 3. The molecule has 1 saturated heterocycles. The molecule has 5 rings (SSSR count). The van der Waals surface area contributed by atoms with Crippen LogP contribution in [0.5, 0.6) is 0 Å². The summed E-state index contributed by atoms with van der Waals surface area (Å²) in [5, 5.41) is 15.0. The van der Waals surface area contributed by atoms with Gasteiger partial charge >= 0.3 is 6.18 Å². The van der Waals surface area contributed by atoms with E-state index in [0.29, 0.717) is 39.0 Å². The molecule has 2 aromatic heterocycles. The van der Waals surface area contributed by atoms with Crippen LogP contribution in [-0.2, 0) is 24.6 Å². The van der Waals surface area contributed by atoms with E-state index in [1.807, 2.05) is 0 Å². The first-order valence-electron chi connectivity index (χ1n) is 13.4. The SMILES string of the molecule is Cl.Cn1c(-c2cn(CC#N)nc2C(F)(F)F)cnc1C(=O)Nc1ccc(C(=O)N2CCN(C(=O)C3CC(N)C3)CC2)c(Cl)c1. The van der Waals surface area contributed by atoms with E-state index in [1.165, 1.54) is 29.8 Å². The number of aromatic nitrogens is 4. The molecule has 44 heavy (non-hydrogen) atoms. The molecular weight excluding hydrogens is 626 g/mol. The average molecular weight is 654 g/mol. The minimum absolute atomic E-state index is 0. The number of nitrogens with two attached hydrogens (primary N) is 1. The fourth-order valence-electron chi connectivity index (χ4n) is 5.22. The highest BCUT2D eigenvalue weighted by Gasteiger charge is 2.39. The van der Waals surface area contributed by atoms with Crippen molar-refractivity contribution in [3.63, 3.8) is 0 Å². The maximum Gasteiger partial charge on any atom is 0.435 e. The lowest BCUT2D eigenvalue weighted by Gasteiger charge is -2.40. The van der Waals surface area contributed by atoms with Gasteiger partial charge in [-0.15, -0.1) is 12.4 Å². The van der Waals surface area contributed by atoms with E-state index >= 15 is 0 Å². The Labute approximate surface area is 260 Å². The number of nitriles is 1. The van der Waals surface area contributed by atoms with E-state index in [4.69, 9.17) is 22.6 Å². The fraction of sp³-hybridized carbons (Fsp3) is 0.407. The van der Waals surface area contributed by atoms with Crippen molar-refractivity contribution in [2.24, 2.45) is 18.7 Å². The van der Waals surface area contributed by atoms with Gasteiger partial charge in [-0.1, -0.05) is 11.6 Å². The zero-order chi connectivity index (χ0) is 31.1. The monoisotopic (exact) mass is 653 g/mol. The van der Waals surface area contributed by atoms with Crippen LogP contribution in [0, 0.1) is 17.2 Å². The van der Waals surface area contributed by atoms with Gasteiger partial charge in [0.1, 0.15) is 6.54 Å². The van der Waals surface area contributed by atoms with Gasteiger partial charge in [-0.2, -0.15) is 23.5 Å². The van der Waals surface area contributed by atoms with Crippen LogP contribution in [0.3, 0.4) is 0 Å². The van der Waals surface area contributed by atoms with Gasteiger partial charge in [-0.25, -0.2) is 4.98 Å². The standard InChI is InChI=1S/C27H27ClF3N9O3.ClH/c1-37-21(19-14-40(5-4-32)36-22(19)27(29,30)31)13-34-23(37)24(41)35-17-2-3-18(20(28)12-17)26(43)39-8-6-38(7-9-39)25(42)15-10-16(33)11-15;/h2-3,12-16H,5-11,33H2,1H3,(H,35,41);1H. The predicted octanol–water partition coefficient (Wildman–Crippen LogP) is 3.18. The van der Waals surface area contributed by atoms with E-state index in [0.717, 1.165) is 17.1 Å². The molecule has 0 radical (unpaired) electrons. The largest absolute Gasteiger partial charge is 0.435 e. The number of rotatable bonds is 6. The molecule has 3 heterocycles. The summed E-state index contributed by atoms with van der Waals surface area (Å²) < 4.78 is 42.8. The first-order chi connectivity index (χ1) is 20.4. The molecule has 3 N–H and O–H groups in total. The van der Waals surface area contributed by atoms with E-state index in [2.05, 4.69) is 15.4 Å². The fourth-order valence-corrected chi connectivity index (χ4v) is 5.48. The smallest absolute Gasteiger partial charge is 0.339 e. The lowest BCUT2D eigenvalue weighted by Crippen LogP contribution is -2.54. The number of amides is 3. The maximum absolute atomic E-state index is 13.6. The Kier molecular flexibility index (Phi) is 9.57. The van der Waals surface area contributed by atoms with Crippen molar-refractivity contribution in [3.8, 4) is 17.3 Å². The number of benzene rings is 1. The number of nitrogens with one attached hydrogen (secondary N) is 1. The Morgan fingerprint density at radius 2 is 1.82 bits per heavy atom. The van der Waals surface area contributed by atoms with Crippen molar-refractivity contribution in [2.45, 2.75) is 31.6 Å². The average Bonchev–Trinajstić information content (AvgIpc) is 3.54. The minimum atomic E-state index is -4.80. The van der Waals surface area contributed by atoms with Crippen LogP contribution >= 0.6 is 24.0 Å². The van der Waals surface area contributed by atoms with Crippen molar-refractivity contribution < 1.29 is 27.6 Å². The summed E-state index contributed by atoms with van der Waals surface area (Å²) in [4.78, 5) is 46.1. The van der Waals surface area contributed by atoms with Gasteiger partial charge in [0, 0.05) is 57.1 Å². The van der Waals surface area contributed by atoms with Crippen LogP contribution in [0.25, 0.3) is 11.3 Å². The minimum Gasteiger partial charge on any atom is -0.339 e. The molecule has 0 bridgehead atoms. The summed E-state index contributed by atoms with van der Waals surface area (Å²) in [7, 11) is 1.38. The lowest BCUT2D eigenvalue weighted by atomic mass is 9.80. The Bertz CT molecular complexity index is 1620. The summed E-state index contributed by atoms with van der Waals surface area (Å²) in [5.41, 5.74) is 4.68. The first kappa shape index (κ1) is 32.8. The van der Waals surface area contributed by atoms with Crippen LogP contribution in [0.4, 0.5) is 18.9 Å². The Hall–Kier alpha value is -4.13.